The van der Waals surface area contributed by atoms with Gasteiger partial charge >= 0.3 is 6.03 Å². The molecule has 2 N–H and O–H groups in total. The van der Waals surface area contributed by atoms with Crippen LogP contribution in [-0.2, 0) is 0 Å². The van der Waals surface area contributed by atoms with Crippen molar-refractivity contribution in [3.05, 3.63) is 24.3 Å². The van der Waals surface area contributed by atoms with Crippen molar-refractivity contribution in [1.29, 1.82) is 0 Å². The molecule has 0 unspecified atom stereocenters. The van der Waals surface area contributed by atoms with E-state index in [2.05, 4.69) is 10.6 Å². The lowest BCUT2D eigenvalue weighted by Gasteiger charge is -2.17. The molecule has 0 atom stereocenters. The summed E-state index contributed by atoms with van der Waals surface area (Å²) in [7, 11) is 5.23. The van der Waals surface area contributed by atoms with Gasteiger partial charge < -0.3 is 20.3 Å². The van der Waals surface area contributed by atoms with E-state index >= 15 is 0 Å². The van der Waals surface area contributed by atoms with E-state index in [4.69, 9.17) is 4.74 Å². The molecule has 0 aliphatic carbocycles. The number of benzene rings is 1. The molecule has 1 rings (SSSR count). The zero-order chi connectivity index (χ0) is 12.7. The Labute approximate surface area is 102 Å². The van der Waals surface area contributed by atoms with Crippen LogP contribution in [0.5, 0.6) is 5.75 Å². The van der Waals surface area contributed by atoms with Gasteiger partial charge in [-0.2, -0.15) is 0 Å². The van der Waals surface area contributed by atoms with Crippen molar-refractivity contribution in [2.45, 2.75) is 0 Å². The van der Waals surface area contributed by atoms with E-state index < -0.39 is 0 Å². The normalized spacial score (nSPS) is 9.82. The smallest absolute Gasteiger partial charge is 0.321 e. The number of methoxy groups -OCH3 is 1. The minimum Gasteiger partial charge on any atom is -0.497 e. The maximum Gasteiger partial charge on any atom is 0.321 e. The summed E-state index contributed by atoms with van der Waals surface area (Å²) >= 11 is 0. The van der Waals surface area contributed by atoms with E-state index in [1.165, 1.54) is 0 Å². The number of nitrogens with zero attached hydrogens (tertiary/aromatic N) is 1. The number of hydrogen-bond donors (Lipinski definition) is 2. The number of amides is 2. The van der Waals surface area contributed by atoms with Crippen LogP contribution in [0.2, 0.25) is 0 Å². The number of carbonyl (C=O) groups excluding carboxylic acids is 1. The topological polar surface area (TPSA) is 53.6 Å². The van der Waals surface area contributed by atoms with Gasteiger partial charge in [0.15, 0.2) is 0 Å². The number of ether oxygens (including phenoxy) is 1. The maximum atomic E-state index is 11.7. The van der Waals surface area contributed by atoms with E-state index in [1.54, 1.807) is 19.1 Å². The molecule has 0 aromatic heterocycles. The fourth-order valence-corrected chi connectivity index (χ4v) is 1.27. The molecular formula is C12H19N3O2. The first-order valence-corrected chi connectivity index (χ1v) is 5.48. The number of nitrogens with one attached hydrogen (secondary N) is 2. The molecule has 17 heavy (non-hydrogen) atoms. The summed E-state index contributed by atoms with van der Waals surface area (Å²) in [6.45, 7) is 1.44. The average molecular weight is 237 g/mol. The summed E-state index contributed by atoms with van der Waals surface area (Å²) in [5, 5.41) is 5.80. The van der Waals surface area contributed by atoms with Gasteiger partial charge in [-0.25, -0.2) is 4.79 Å². The Bertz CT molecular complexity index is 351. The van der Waals surface area contributed by atoms with Crippen LogP contribution in [0.4, 0.5) is 10.5 Å². The summed E-state index contributed by atoms with van der Waals surface area (Å²) in [6, 6.07) is 7.11. The third-order valence-corrected chi connectivity index (χ3v) is 2.39. The van der Waals surface area contributed by atoms with E-state index in [0.717, 1.165) is 18.0 Å². The van der Waals surface area contributed by atoms with E-state index in [-0.39, 0.29) is 6.03 Å². The molecule has 0 bridgehead atoms. The predicted molar refractivity (Wildman–Crippen MR) is 68.6 cm³/mol. The molecule has 0 saturated heterocycles. The van der Waals surface area contributed by atoms with E-state index in [1.807, 2.05) is 31.3 Å². The first-order valence-electron chi connectivity index (χ1n) is 5.48. The summed E-state index contributed by atoms with van der Waals surface area (Å²) < 4.78 is 5.04. The second kappa shape index (κ2) is 6.75. The lowest BCUT2D eigenvalue weighted by Crippen LogP contribution is -2.35. The highest BCUT2D eigenvalue weighted by Crippen LogP contribution is 2.15. The van der Waals surface area contributed by atoms with Crippen LogP contribution in [0.15, 0.2) is 24.3 Å². The van der Waals surface area contributed by atoms with Gasteiger partial charge in [0.25, 0.3) is 0 Å². The van der Waals surface area contributed by atoms with Gasteiger partial charge in [-0.15, -0.1) is 0 Å². The molecular weight excluding hydrogens is 218 g/mol. The lowest BCUT2D eigenvalue weighted by molar-refractivity contribution is 0.223. The van der Waals surface area contributed by atoms with Crippen LogP contribution in [0, 0.1) is 0 Å². The molecule has 1 aromatic carbocycles. The third-order valence-electron chi connectivity index (χ3n) is 2.39. The minimum atomic E-state index is -0.120. The first kappa shape index (κ1) is 13.3. The Morgan fingerprint density at radius 2 is 2.00 bits per heavy atom. The number of carbonyl (C=O) groups is 1. The van der Waals surface area contributed by atoms with Crippen molar-refractivity contribution in [2.24, 2.45) is 0 Å². The third kappa shape index (κ3) is 4.32. The van der Waals surface area contributed by atoms with Crippen molar-refractivity contribution in [2.75, 3.05) is 39.6 Å². The number of hydrogen-bond acceptors (Lipinski definition) is 3. The van der Waals surface area contributed by atoms with Gasteiger partial charge in [0.05, 0.1) is 7.11 Å². The predicted octanol–water partition coefficient (Wildman–Crippen LogP) is 1.38. The summed E-state index contributed by atoms with van der Waals surface area (Å²) in [4.78, 5) is 13.4. The van der Waals surface area contributed by atoms with Crippen molar-refractivity contribution in [3.63, 3.8) is 0 Å². The molecule has 0 saturated carbocycles. The van der Waals surface area contributed by atoms with Crippen LogP contribution >= 0.6 is 0 Å². The quantitative estimate of drug-likeness (QED) is 0.813. The molecule has 2 amide bonds. The highest BCUT2D eigenvalue weighted by molar-refractivity contribution is 5.89. The van der Waals surface area contributed by atoms with Crippen molar-refractivity contribution in [3.8, 4) is 5.75 Å². The zero-order valence-electron chi connectivity index (χ0n) is 10.5. The molecule has 0 aliphatic rings. The van der Waals surface area contributed by atoms with Crippen molar-refractivity contribution in [1.82, 2.24) is 10.2 Å². The zero-order valence-corrected chi connectivity index (χ0v) is 10.5. The van der Waals surface area contributed by atoms with Gasteiger partial charge in [-0.05, 0) is 31.3 Å². The first-order chi connectivity index (χ1) is 8.17. The van der Waals surface area contributed by atoms with Crippen LogP contribution in [0.3, 0.4) is 0 Å². The average Bonchev–Trinajstić information content (AvgIpc) is 2.36. The van der Waals surface area contributed by atoms with Crippen molar-refractivity contribution < 1.29 is 9.53 Å². The molecule has 0 aliphatic heterocycles. The van der Waals surface area contributed by atoms with Gasteiger partial charge in [0.2, 0.25) is 0 Å². The highest BCUT2D eigenvalue weighted by atomic mass is 16.5. The lowest BCUT2D eigenvalue weighted by atomic mass is 10.3. The van der Waals surface area contributed by atoms with Gasteiger partial charge in [-0.3, -0.25) is 0 Å². The van der Waals surface area contributed by atoms with Crippen LogP contribution in [0.25, 0.3) is 0 Å². The Balaban J connectivity index is 2.49. The van der Waals surface area contributed by atoms with E-state index in [0.29, 0.717) is 6.54 Å². The maximum absolute atomic E-state index is 11.7. The number of likely N-dealkylation sites (N-methyl/N-ethyl adjacent to an activating group) is 2. The Kier molecular flexibility index (Phi) is 5.29. The molecule has 1 aromatic rings. The summed E-state index contributed by atoms with van der Waals surface area (Å²) in [5.74, 6) is 0.770. The molecule has 0 heterocycles. The summed E-state index contributed by atoms with van der Waals surface area (Å²) in [5.41, 5.74) is 0.757. The highest BCUT2D eigenvalue weighted by Gasteiger charge is 2.07. The molecule has 0 radical (unpaired) electrons. The van der Waals surface area contributed by atoms with Gasteiger partial charge in [0, 0.05) is 25.8 Å². The Morgan fingerprint density at radius 3 is 2.53 bits per heavy atom. The standard InChI is InChI=1S/C12H19N3O2/c1-13-8-9-15(2)12(16)14-10-4-6-11(17-3)7-5-10/h4-7,13H,8-9H2,1-3H3,(H,14,16). The SMILES string of the molecule is CNCCN(C)C(=O)Nc1ccc(OC)cc1. The van der Waals surface area contributed by atoms with Crippen LogP contribution in [0.1, 0.15) is 0 Å². The van der Waals surface area contributed by atoms with Gasteiger partial charge in [-0.1, -0.05) is 0 Å². The molecule has 5 nitrogen and oxygen atoms in total. The van der Waals surface area contributed by atoms with Crippen molar-refractivity contribution >= 4 is 11.7 Å². The number of rotatable bonds is 5. The Hall–Kier alpha value is -1.75. The second-order valence-electron chi connectivity index (χ2n) is 3.68. The second-order valence-corrected chi connectivity index (χ2v) is 3.68. The summed E-state index contributed by atoms with van der Waals surface area (Å²) in [6.07, 6.45) is 0. The molecule has 5 heteroatoms. The van der Waals surface area contributed by atoms with Gasteiger partial charge in [0.1, 0.15) is 5.75 Å². The Morgan fingerprint density at radius 1 is 1.35 bits per heavy atom. The fraction of sp³-hybridized carbons (Fsp3) is 0.417. The van der Waals surface area contributed by atoms with Crippen LogP contribution < -0.4 is 15.4 Å². The monoisotopic (exact) mass is 237 g/mol. The molecule has 0 fully saturated rings. The van der Waals surface area contributed by atoms with Crippen LogP contribution in [-0.4, -0.2) is 45.2 Å². The number of anilines is 1. The largest absolute Gasteiger partial charge is 0.497 e. The molecule has 0 spiro atoms. The van der Waals surface area contributed by atoms with E-state index in [9.17, 15) is 4.79 Å². The number of urea groups is 1. The minimum absolute atomic E-state index is 0.120. The molecule has 94 valence electrons. The fourth-order valence-electron chi connectivity index (χ4n) is 1.27.